The Morgan fingerprint density at radius 3 is 2.55 bits per heavy atom. The van der Waals surface area contributed by atoms with Crippen molar-refractivity contribution in [2.75, 3.05) is 5.32 Å². The van der Waals surface area contributed by atoms with Crippen LogP contribution in [0.15, 0.2) is 41.0 Å². The lowest BCUT2D eigenvalue weighted by Gasteiger charge is -2.14. The van der Waals surface area contributed by atoms with Crippen LogP contribution in [0, 0.1) is 0 Å². The van der Waals surface area contributed by atoms with Gasteiger partial charge >= 0.3 is 5.97 Å². The Labute approximate surface area is 125 Å². The van der Waals surface area contributed by atoms with Crippen LogP contribution in [-0.4, -0.2) is 22.1 Å². The van der Waals surface area contributed by atoms with Crippen molar-refractivity contribution in [1.29, 1.82) is 0 Å². The fourth-order valence-corrected chi connectivity index (χ4v) is 2.90. The number of hydrogen-bond acceptors (Lipinski definition) is 3. The Morgan fingerprint density at radius 2 is 1.95 bits per heavy atom. The average Bonchev–Trinajstić information content (AvgIpc) is 2.82. The molecule has 0 unspecified atom stereocenters. The van der Waals surface area contributed by atoms with E-state index in [0.29, 0.717) is 10.3 Å². The first-order valence-corrected chi connectivity index (χ1v) is 7.15. The molecule has 3 rings (SSSR count). The smallest absolute Gasteiger partial charge is 0.339 e. The molecule has 4 nitrogen and oxygen atoms in total. The number of aromatic nitrogens is 1. The van der Waals surface area contributed by atoms with Gasteiger partial charge in [-0.2, -0.15) is 0 Å². The number of hydrogen-bond donors (Lipinski definition) is 2. The third kappa shape index (κ3) is 2.54. The van der Waals surface area contributed by atoms with Gasteiger partial charge in [-0.1, -0.05) is 24.3 Å². The Kier molecular flexibility index (Phi) is 3.44. The maximum atomic E-state index is 11.3. The summed E-state index contributed by atoms with van der Waals surface area (Å²) in [6.07, 6.45) is 3.40. The lowest BCUT2D eigenvalue weighted by Crippen LogP contribution is -2.22. The second-order valence-electron chi connectivity index (χ2n) is 4.87. The van der Waals surface area contributed by atoms with E-state index in [9.17, 15) is 9.90 Å². The summed E-state index contributed by atoms with van der Waals surface area (Å²) in [6, 6.07) is 10.1. The molecule has 0 radical (unpaired) electrons. The zero-order chi connectivity index (χ0) is 14.1. The van der Waals surface area contributed by atoms with Crippen molar-refractivity contribution < 1.29 is 9.90 Å². The predicted octanol–water partition coefficient (Wildman–Crippen LogP) is 3.12. The average molecular weight is 333 g/mol. The molecule has 0 amide bonds. The van der Waals surface area contributed by atoms with Crippen LogP contribution in [0.25, 0.3) is 0 Å². The SMILES string of the molecule is O=C(O)c1cc(Br)cnc1NC1Cc2ccccc2C1. The summed E-state index contributed by atoms with van der Waals surface area (Å²) in [7, 11) is 0. The predicted molar refractivity (Wildman–Crippen MR) is 80.2 cm³/mol. The van der Waals surface area contributed by atoms with Gasteiger partial charge in [0, 0.05) is 16.7 Å². The van der Waals surface area contributed by atoms with E-state index in [1.807, 2.05) is 12.1 Å². The fourth-order valence-electron chi connectivity index (χ4n) is 2.57. The molecular weight excluding hydrogens is 320 g/mol. The third-order valence-electron chi connectivity index (χ3n) is 3.48. The van der Waals surface area contributed by atoms with Crippen LogP contribution in [0.4, 0.5) is 5.82 Å². The van der Waals surface area contributed by atoms with E-state index in [4.69, 9.17) is 0 Å². The van der Waals surface area contributed by atoms with E-state index in [1.54, 1.807) is 12.3 Å². The molecule has 20 heavy (non-hydrogen) atoms. The van der Waals surface area contributed by atoms with Crippen molar-refractivity contribution in [1.82, 2.24) is 4.98 Å². The van der Waals surface area contributed by atoms with Gasteiger partial charge in [0.25, 0.3) is 0 Å². The van der Waals surface area contributed by atoms with Crippen molar-refractivity contribution in [3.63, 3.8) is 0 Å². The summed E-state index contributed by atoms with van der Waals surface area (Å²) in [5, 5.41) is 12.5. The lowest BCUT2D eigenvalue weighted by molar-refractivity contribution is 0.0697. The summed E-state index contributed by atoms with van der Waals surface area (Å²) in [5.74, 6) is -0.546. The van der Waals surface area contributed by atoms with Crippen molar-refractivity contribution >= 4 is 27.7 Å². The van der Waals surface area contributed by atoms with E-state index < -0.39 is 5.97 Å². The molecule has 0 saturated heterocycles. The molecule has 1 aliphatic carbocycles. The van der Waals surface area contributed by atoms with E-state index in [0.717, 1.165) is 12.8 Å². The standard InChI is InChI=1S/C15H13BrN2O2/c16-11-7-13(15(19)20)14(17-8-11)18-12-5-9-3-1-2-4-10(9)6-12/h1-4,7-8,12H,5-6H2,(H,17,18)(H,19,20). The monoisotopic (exact) mass is 332 g/mol. The highest BCUT2D eigenvalue weighted by Gasteiger charge is 2.23. The molecule has 2 aromatic rings. The van der Waals surface area contributed by atoms with Gasteiger partial charge in [0.2, 0.25) is 0 Å². The van der Waals surface area contributed by atoms with Crippen LogP contribution in [0.1, 0.15) is 21.5 Å². The zero-order valence-electron chi connectivity index (χ0n) is 10.6. The first-order chi connectivity index (χ1) is 9.63. The minimum Gasteiger partial charge on any atom is -0.478 e. The number of nitrogens with one attached hydrogen (secondary N) is 1. The van der Waals surface area contributed by atoms with Crippen LogP contribution >= 0.6 is 15.9 Å². The Bertz CT molecular complexity index is 648. The molecule has 1 aromatic carbocycles. The van der Waals surface area contributed by atoms with Crippen LogP contribution in [-0.2, 0) is 12.8 Å². The zero-order valence-corrected chi connectivity index (χ0v) is 12.2. The number of fused-ring (bicyclic) bond motifs is 1. The minimum atomic E-state index is -0.975. The number of anilines is 1. The van der Waals surface area contributed by atoms with E-state index in [-0.39, 0.29) is 11.6 Å². The molecule has 0 saturated carbocycles. The fraction of sp³-hybridized carbons (Fsp3) is 0.200. The number of benzene rings is 1. The highest BCUT2D eigenvalue weighted by Crippen LogP contribution is 2.26. The molecule has 0 aliphatic heterocycles. The van der Waals surface area contributed by atoms with Gasteiger partial charge in [0.05, 0.1) is 0 Å². The van der Waals surface area contributed by atoms with Gasteiger partial charge in [0.1, 0.15) is 11.4 Å². The Hall–Kier alpha value is -1.88. The molecule has 5 heteroatoms. The van der Waals surface area contributed by atoms with Gasteiger partial charge in [-0.15, -0.1) is 0 Å². The molecule has 1 heterocycles. The van der Waals surface area contributed by atoms with Crippen molar-refractivity contribution in [2.24, 2.45) is 0 Å². The first kappa shape index (κ1) is 13.1. The summed E-state index contributed by atoms with van der Waals surface area (Å²) in [4.78, 5) is 15.5. The quantitative estimate of drug-likeness (QED) is 0.906. The first-order valence-electron chi connectivity index (χ1n) is 6.35. The topological polar surface area (TPSA) is 62.2 Å². The molecule has 0 spiro atoms. The van der Waals surface area contributed by atoms with Crippen LogP contribution in [0.2, 0.25) is 0 Å². The third-order valence-corrected chi connectivity index (χ3v) is 3.91. The number of pyridine rings is 1. The van der Waals surface area contributed by atoms with E-state index in [1.165, 1.54) is 11.1 Å². The van der Waals surface area contributed by atoms with Crippen LogP contribution < -0.4 is 5.32 Å². The number of carboxylic acid groups (broad SMARTS) is 1. The lowest BCUT2D eigenvalue weighted by atomic mass is 10.1. The highest BCUT2D eigenvalue weighted by molar-refractivity contribution is 9.10. The second-order valence-corrected chi connectivity index (χ2v) is 5.79. The largest absolute Gasteiger partial charge is 0.478 e. The van der Waals surface area contributed by atoms with Gasteiger partial charge < -0.3 is 10.4 Å². The van der Waals surface area contributed by atoms with Gasteiger partial charge in [0.15, 0.2) is 0 Å². The van der Waals surface area contributed by atoms with Gasteiger partial charge in [-0.25, -0.2) is 9.78 Å². The molecule has 0 atom stereocenters. The summed E-state index contributed by atoms with van der Waals surface area (Å²) in [5.41, 5.74) is 2.83. The molecule has 102 valence electrons. The highest BCUT2D eigenvalue weighted by atomic mass is 79.9. The number of nitrogens with zero attached hydrogens (tertiary/aromatic N) is 1. The molecule has 0 fully saturated rings. The minimum absolute atomic E-state index is 0.190. The number of aromatic carboxylic acids is 1. The Balaban J connectivity index is 1.82. The molecule has 2 N–H and O–H groups in total. The van der Waals surface area contributed by atoms with Crippen molar-refractivity contribution in [2.45, 2.75) is 18.9 Å². The number of halogens is 1. The summed E-state index contributed by atoms with van der Waals surface area (Å²) >= 11 is 3.25. The van der Waals surface area contributed by atoms with E-state index in [2.05, 4.69) is 38.4 Å². The summed E-state index contributed by atoms with van der Waals surface area (Å²) in [6.45, 7) is 0. The Morgan fingerprint density at radius 1 is 1.30 bits per heavy atom. The van der Waals surface area contributed by atoms with Crippen LogP contribution in [0.3, 0.4) is 0 Å². The maximum Gasteiger partial charge on any atom is 0.339 e. The molecule has 1 aliphatic rings. The number of carboxylic acids is 1. The molecule has 1 aromatic heterocycles. The van der Waals surface area contributed by atoms with Gasteiger partial charge in [-0.05, 0) is 46.0 Å². The number of rotatable bonds is 3. The molecular formula is C15H13BrN2O2. The maximum absolute atomic E-state index is 11.3. The number of carbonyl (C=O) groups is 1. The summed E-state index contributed by atoms with van der Waals surface area (Å²) < 4.78 is 0.662. The van der Waals surface area contributed by atoms with E-state index >= 15 is 0 Å². The molecule has 0 bridgehead atoms. The van der Waals surface area contributed by atoms with Crippen LogP contribution in [0.5, 0.6) is 0 Å². The van der Waals surface area contributed by atoms with Gasteiger partial charge in [-0.3, -0.25) is 0 Å². The van der Waals surface area contributed by atoms with Crippen molar-refractivity contribution in [3.05, 3.63) is 57.7 Å². The normalized spacial score (nSPS) is 14.1. The second kappa shape index (κ2) is 5.25. The van der Waals surface area contributed by atoms with Crippen molar-refractivity contribution in [3.8, 4) is 0 Å².